The largest absolute Gasteiger partial charge is 0.330 e. The molecule has 1 atom stereocenters. The molecule has 0 aliphatic heterocycles. The third-order valence-corrected chi connectivity index (χ3v) is 2.38. The Morgan fingerprint density at radius 3 is 1.93 bits per heavy atom. The zero-order chi connectivity index (χ0) is 11.1. The van der Waals surface area contributed by atoms with Gasteiger partial charge < -0.3 is 10.6 Å². The van der Waals surface area contributed by atoms with E-state index in [4.69, 9.17) is 5.73 Å². The predicted octanol–water partition coefficient (Wildman–Crippen LogP) is 2.20. The van der Waals surface area contributed by atoms with Crippen LogP contribution in [-0.2, 0) is 0 Å². The molecule has 14 heavy (non-hydrogen) atoms. The molecule has 0 heterocycles. The zero-order valence-electron chi connectivity index (χ0n) is 10.6. The Labute approximate surface area is 89.9 Å². The van der Waals surface area contributed by atoms with Gasteiger partial charge >= 0.3 is 0 Å². The van der Waals surface area contributed by atoms with Crippen LogP contribution in [0.2, 0.25) is 0 Å². The van der Waals surface area contributed by atoms with Gasteiger partial charge in [-0.1, -0.05) is 27.7 Å². The average molecular weight is 200 g/mol. The Morgan fingerprint density at radius 2 is 1.57 bits per heavy atom. The van der Waals surface area contributed by atoms with E-state index in [1.54, 1.807) is 0 Å². The molecule has 1 unspecified atom stereocenters. The summed E-state index contributed by atoms with van der Waals surface area (Å²) in [5, 5.41) is 0. The first kappa shape index (κ1) is 13.9. The molecule has 86 valence electrons. The Kier molecular flexibility index (Phi) is 7.20. The first-order valence-corrected chi connectivity index (χ1v) is 5.84. The first-order valence-electron chi connectivity index (χ1n) is 5.84. The van der Waals surface area contributed by atoms with Gasteiger partial charge in [0.2, 0.25) is 0 Å². The fourth-order valence-corrected chi connectivity index (χ4v) is 2.05. The van der Waals surface area contributed by atoms with Gasteiger partial charge in [0.05, 0.1) is 0 Å². The summed E-state index contributed by atoms with van der Waals surface area (Å²) in [6.45, 7) is 12.2. The van der Waals surface area contributed by atoms with E-state index in [-0.39, 0.29) is 0 Å². The molecule has 2 heteroatoms. The molecule has 2 nitrogen and oxygen atoms in total. The highest BCUT2D eigenvalue weighted by Gasteiger charge is 2.12. The lowest BCUT2D eigenvalue weighted by Gasteiger charge is -2.25. The van der Waals surface area contributed by atoms with Crippen molar-refractivity contribution in [2.45, 2.75) is 34.1 Å². The summed E-state index contributed by atoms with van der Waals surface area (Å²) in [5.74, 6) is 2.17. The van der Waals surface area contributed by atoms with E-state index in [2.05, 4.69) is 39.6 Å². The van der Waals surface area contributed by atoms with Crippen LogP contribution in [0.15, 0.2) is 0 Å². The number of hydrogen-bond acceptors (Lipinski definition) is 2. The van der Waals surface area contributed by atoms with Gasteiger partial charge in [-0.3, -0.25) is 0 Å². The molecule has 0 saturated heterocycles. The van der Waals surface area contributed by atoms with E-state index >= 15 is 0 Å². The summed E-state index contributed by atoms with van der Waals surface area (Å²) in [6.07, 6.45) is 1.25. The van der Waals surface area contributed by atoms with Crippen LogP contribution >= 0.6 is 0 Å². The zero-order valence-corrected chi connectivity index (χ0v) is 10.6. The van der Waals surface area contributed by atoms with Gasteiger partial charge in [-0.15, -0.1) is 0 Å². The van der Waals surface area contributed by atoms with Crippen molar-refractivity contribution >= 4 is 0 Å². The maximum atomic E-state index is 5.77. The summed E-state index contributed by atoms with van der Waals surface area (Å²) in [7, 11) is 2.20. The summed E-state index contributed by atoms with van der Waals surface area (Å²) in [5.41, 5.74) is 5.77. The van der Waals surface area contributed by atoms with Crippen molar-refractivity contribution in [2.75, 3.05) is 26.7 Å². The number of nitrogens with two attached hydrogens (primary N) is 1. The van der Waals surface area contributed by atoms with Crippen molar-refractivity contribution in [3.63, 3.8) is 0 Å². The summed E-state index contributed by atoms with van der Waals surface area (Å²) in [6, 6.07) is 0. The third-order valence-electron chi connectivity index (χ3n) is 2.38. The van der Waals surface area contributed by atoms with Crippen molar-refractivity contribution in [1.29, 1.82) is 0 Å². The molecule has 0 fully saturated rings. The van der Waals surface area contributed by atoms with E-state index in [1.807, 2.05) is 0 Å². The molecule has 0 bridgehead atoms. The molecule has 0 aromatic heterocycles. The second-order valence-electron chi connectivity index (χ2n) is 5.35. The molecule has 0 aliphatic rings. The average Bonchev–Trinajstić information content (AvgIpc) is 2.00. The van der Waals surface area contributed by atoms with Crippen molar-refractivity contribution in [3.05, 3.63) is 0 Å². The van der Waals surface area contributed by atoms with E-state index in [0.29, 0.717) is 5.92 Å². The fraction of sp³-hybridized carbons (Fsp3) is 1.00. The first-order chi connectivity index (χ1) is 6.45. The van der Waals surface area contributed by atoms with E-state index in [1.165, 1.54) is 13.0 Å². The minimum absolute atomic E-state index is 0.666. The topological polar surface area (TPSA) is 29.3 Å². The van der Waals surface area contributed by atoms with Crippen molar-refractivity contribution in [1.82, 2.24) is 4.90 Å². The third kappa shape index (κ3) is 7.34. The van der Waals surface area contributed by atoms with E-state index in [9.17, 15) is 0 Å². The molecule has 0 saturated carbocycles. The highest BCUT2D eigenvalue weighted by molar-refractivity contribution is 4.67. The molecular formula is C12H28N2. The Morgan fingerprint density at radius 1 is 1.00 bits per heavy atom. The van der Waals surface area contributed by atoms with Gasteiger partial charge in [0.1, 0.15) is 0 Å². The van der Waals surface area contributed by atoms with Crippen molar-refractivity contribution in [3.8, 4) is 0 Å². The van der Waals surface area contributed by atoms with Gasteiger partial charge in [0.25, 0.3) is 0 Å². The molecule has 0 spiro atoms. The minimum Gasteiger partial charge on any atom is -0.330 e. The maximum absolute atomic E-state index is 5.77. The standard InChI is InChI=1S/C12H28N2/c1-10(2)6-12(7-13)9-14(5)8-11(3)4/h10-12H,6-9,13H2,1-5H3. The van der Waals surface area contributed by atoms with Crippen LogP contribution in [-0.4, -0.2) is 31.6 Å². The predicted molar refractivity (Wildman–Crippen MR) is 64.3 cm³/mol. The van der Waals surface area contributed by atoms with Crippen LogP contribution < -0.4 is 5.73 Å². The van der Waals surface area contributed by atoms with Crippen LogP contribution in [0.5, 0.6) is 0 Å². The normalized spacial score (nSPS) is 14.4. The van der Waals surface area contributed by atoms with Crippen LogP contribution in [0.25, 0.3) is 0 Å². The molecule has 0 aromatic rings. The molecule has 0 rings (SSSR count). The van der Waals surface area contributed by atoms with Crippen molar-refractivity contribution < 1.29 is 0 Å². The van der Waals surface area contributed by atoms with Crippen LogP contribution in [0, 0.1) is 17.8 Å². The van der Waals surface area contributed by atoms with Crippen molar-refractivity contribution in [2.24, 2.45) is 23.5 Å². The second-order valence-corrected chi connectivity index (χ2v) is 5.35. The second kappa shape index (κ2) is 7.24. The molecular weight excluding hydrogens is 172 g/mol. The lowest BCUT2D eigenvalue weighted by atomic mass is 9.96. The molecule has 0 aliphatic carbocycles. The Hall–Kier alpha value is -0.0800. The van der Waals surface area contributed by atoms with Gasteiger partial charge in [-0.05, 0) is 37.8 Å². The van der Waals surface area contributed by atoms with Crippen LogP contribution in [0.3, 0.4) is 0 Å². The van der Waals surface area contributed by atoms with Crippen LogP contribution in [0.4, 0.5) is 0 Å². The Balaban J connectivity index is 3.79. The number of nitrogens with zero attached hydrogens (tertiary/aromatic N) is 1. The summed E-state index contributed by atoms with van der Waals surface area (Å²) < 4.78 is 0. The van der Waals surface area contributed by atoms with Gasteiger partial charge in [0, 0.05) is 13.1 Å². The fourth-order valence-electron chi connectivity index (χ4n) is 2.05. The van der Waals surface area contributed by atoms with E-state index in [0.717, 1.165) is 24.9 Å². The monoisotopic (exact) mass is 200 g/mol. The Bertz CT molecular complexity index is 132. The van der Waals surface area contributed by atoms with Gasteiger partial charge in [-0.25, -0.2) is 0 Å². The number of hydrogen-bond donors (Lipinski definition) is 1. The van der Waals surface area contributed by atoms with Gasteiger partial charge in [-0.2, -0.15) is 0 Å². The highest BCUT2D eigenvalue weighted by Crippen LogP contribution is 2.12. The molecule has 0 aromatic carbocycles. The summed E-state index contributed by atoms with van der Waals surface area (Å²) >= 11 is 0. The molecule has 0 radical (unpaired) electrons. The highest BCUT2D eigenvalue weighted by atomic mass is 15.1. The maximum Gasteiger partial charge on any atom is 0.00189 e. The van der Waals surface area contributed by atoms with Gasteiger partial charge in [0.15, 0.2) is 0 Å². The lowest BCUT2D eigenvalue weighted by molar-refractivity contribution is 0.235. The summed E-state index contributed by atoms with van der Waals surface area (Å²) in [4.78, 5) is 2.41. The SMILES string of the molecule is CC(C)CC(CN)CN(C)CC(C)C. The van der Waals surface area contributed by atoms with Crippen LogP contribution in [0.1, 0.15) is 34.1 Å². The molecule has 0 amide bonds. The number of rotatable bonds is 7. The van der Waals surface area contributed by atoms with E-state index < -0.39 is 0 Å². The molecule has 2 N–H and O–H groups in total. The quantitative estimate of drug-likeness (QED) is 0.682. The smallest absolute Gasteiger partial charge is 0.00189 e. The minimum atomic E-state index is 0.666. The lowest BCUT2D eigenvalue weighted by Crippen LogP contribution is -2.33.